The van der Waals surface area contributed by atoms with Gasteiger partial charge in [0.15, 0.2) is 21.6 Å². The Balaban J connectivity index is 2.58. The molecule has 80 valence electrons. The van der Waals surface area contributed by atoms with Crippen LogP contribution in [-0.4, -0.2) is 9.97 Å². The second-order valence-corrected chi connectivity index (χ2v) is 4.13. The zero-order chi connectivity index (χ0) is 11.7. The van der Waals surface area contributed by atoms with Crippen molar-refractivity contribution in [1.82, 2.24) is 9.97 Å². The topological polar surface area (TPSA) is 51.8 Å². The van der Waals surface area contributed by atoms with Gasteiger partial charge in [-0.1, -0.05) is 23.2 Å². The van der Waals surface area contributed by atoms with Crippen LogP contribution >= 0.6 is 34.8 Å². The molecule has 1 aliphatic rings. The lowest BCUT2D eigenvalue weighted by atomic mass is 10.1. The summed E-state index contributed by atoms with van der Waals surface area (Å²) in [6, 6.07) is 0. The molecule has 16 heavy (non-hydrogen) atoms. The minimum Gasteiger partial charge on any atom is -0.381 e. The molecule has 0 aromatic carbocycles. The molecule has 0 saturated carbocycles. The third-order valence-corrected chi connectivity index (χ3v) is 2.89. The predicted octanol–water partition coefficient (Wildman–Crippen LogP) is 3.16. The van der Waals surface area contributed by atoms with Gasteiger partial charge in [-0.05, 0) is 0 Å². The second kappa shape index (κ2) is 4.40. The molecular formula is C10H5Cl3N3+. The molecule has 0 radical (unpaired) electrons. The van der Waals surface area contributed by atoms with Crippen LogP contribution in [0.15, 0.2) is 28.4 Å². The molecule has 0 atom stereocenters. The third-order valence-electron chi connectivity index (χ3n) is 1.91. The van der Waals surface area contributed by atoms with Crippen molar-refractivity contribution in [2.45, 2.75) is 0 Å². The molecule has 6 heteroatoms. The number of halogens is 3. The van der Waals surface area contributed by atoms with Gasteiger partial charge >= 0.3 is 0 Å². The average Bonchev–Trinajstić information content (AvgIpc) is 2.23. The van der Waals surface area contributed by atoms with Crippen LogP contribution in [0.1, 0.15) is 5.69 Å². The fourth-order valence-electron chi connectivity index (χ4n) is 1.21. The molecule has 1 aromatic rings. The maximum absolute atomic E-state index is 6.03. The molecule has 0 fully saturated rings. The van der Waals surface area contributed by atoms with E-state index in [2.05, 4.69) is 16.0 Å². The van der Waals surface area contributed by atoms with Crippen molar-refractivity contribution in [3.8, 4) is 0 Å². The van der Waals surface area contributed by atoms with E-state index in [4.69, 9.17) is 40.5 Å². The van der Waals surface area contributed by atoms with E-state index in [1.54, 1.807) is 12.2 Å². The minimum absolute atomic E-state index is 0.199. The molecule has 2 N–H and O–H groups in total. The number of aromatic nitrogens is 2. The van der Waals surface area contributed by atoms with Gasteiger partial charge in [0.1, 0.15) is 22.9 Å². The molecule has 0 saturated heterocycles. The number of nitrogens with zero attached hydrogens (tertiary/aromatic N) is 2. The Morgan fingerprint density at radius 3 is 2.69 bits per heavy atom. The van der Waals surface area contributed by atoms with Crippen LogP contribution in [0.2, 0.25) is 5.15 Å². The van der Waals surface area contributed by atoms with Crippen molar-refractivity contribution in [1.29, 1.82) is 0 Å². The number of allylic oxidation sites excluding steroid dienone is 6. The van der Waals surface area contributed by atoms with Crippen LogP contribution in [0, 0.1) is 6.08 Å². The first-order valence-electron chi connectivity index (χ1n) is 4.23. The molecule has 1 aliphatic carbocycles. The highest BCUT2D eigenvalue weighted by molar-refractivity contribution is 6.46. The van der Waals surface area contributed by atoms with Gasteiger partial charge in [0.05, 0.1) is 6.20 Å². The monoisotopic (exact) mass is 272 g/mol. The number of nitrogen functional groups attached to an aromatic ring is 1. The first-order chi connectivity index (χ1) is 7.59. The molecular weight excluding hydrogens is 268 g/mol. The van der Waals surface area contributed by atoms with Gasteiger partial charge in [-0.15, -0.1) is 0 Å². The number of hydrogen-bond donors (Lipinski definition) is 1. The van der Waals surface area contributed by atoms with Gasteiger partial charge in [0, 0.05) is 17.7 Å². The zero-order valence-electron chi connectivity index (χ0n) is 7.84. The lowest BCUT2D eigenvalue weighted by molar-refractivity contribution is 1.18. The summed E-state index contributed by atoms with van der Waals surface area (Å²) in [5, 5.41) is 0.974. The predicted molar refractivity (Wildman–Crippen MR) is 66.0 cm³/mol. The van der Waals surface area contributed by atoms with Crippen LogP contribution in [-0.2, 0) is 0 Å². The second-order valence-electron chi connectivity index (χ2n) is 2.96. The summed E-state index contributed by atoms with van der Waals surface area (Å²) < 4.78 is 0. The smallest absolute Gasteiger partial charge is 0.180 e. The summed E-state index contributed by atoms with van der Waals surface area (Å²) >= 11 is 17.6. The molecule has 0 bridgehead atoms. The van der Waals surface area contributed by atoms with E-state index in [9.17, 15) is 0 Å². The van der Waals surface area contributed by atoms with Crippen molar-refractivity contribution in [2.24, 2.45) is 0 Å². The van der Waals surface area contributed by atoms with Gasteiger partial charge in [0.2, 0.25) is 0 Å². The van der Waals surface area contributed by atoms with E-state index >= 15 is 0 Å². The van der Waals surface area contributed by atoms with E-state index < -0.39 is 0 Å². The summed E-state index contributed by atoms with van der Waals surface area (Å²) in [5.41, 5.74) is 6.72. The van der Waals surface area contributed by atoms with Crippen molar-refractivity contribution in [3.63, 3.8) is 0 Å². The van der Waals surface area contributed by atoms with E-state index in [1.807, 2.05) is 0 Å². The van der Waals surface area contributed by atoms with Gasteiger partial charge in [-0.25, -0.2) is 9.97 Å². The summed E-state index contributed by atoms with van der Waals surface area (Å²) in [6.45, 7) is 0. The molecule has 0 spiro atoms. The SMILES string of the molecule is Nc1nc(Cl)cnc1C1=C(Cl)C(Cl)=C[C+]=C1. The van der Waals surface area contributed by atoms with Crippen LogP contribution in [0.4, 0.5) is 5.82 Å². The molecule has 0 aliphatic heterocycles. The van der Waals surface area contributed by atoms with Crippen molar-refractivity contribution < 1.29 is 0 Å². The summed E-state index contributed by atoms with van der Waals surface area (Å²) in [4.78, 5) is 7.95. The largest absolute Gasteiger partial charge is 0.381 e. The Kier molecular flexibility index (Phi) is 3.13. The highest BCUT2D eigenvalue weighted by atomic mass is 35.5. The summed E-state index contributed by atoms with van der Waals surface area (Å²) in [6.07, 6.45) is 7.43. The Labute approximate surface area is 107 Å². The third kappa shape index (κ3) is 2.04. The number of nitrogens with two attached hydrogens (primary N) is 1. The van der Waals surface area contributed by atoms with Crippen molar-refractivity contribution >= 4 is 46.2 Å². The first-order valence-corrected chi connectivity index (χ1v) is 5.36. The van der Waals surface area contributed by atoms with Gasteiger partial charge < -0.3 is 5.73 Å². The number of hydrogen-bond acceptors (Lipinski definition) is 3. The molecule has 1 heterocycles. The number of rotatable bonds is 1. The van der Waals surface area contributed by atoms with Gasteiger partial charge in [0.25, 0.3) is 0 Å². The minimum atomic E-state index is 0.199. The first kappa shape index (κ1) is 11.4. The van der Waals surface area contributed by atoms with E-state index in [0.29, 0.717) is 21.3 Å². The number of anilines is 1. The Morgan fingerprint density at radius 1 is 1.25 bits per heavy atom. The standard InChI is InChI=1S/C10H5Cl3N3/c11-6-3-1-2-5(8(6)13)9-10(14)16-7(12)4-15-9/h2-4H,(H2,14,16)/q+1. The molecule has 1 aromatic heterocycles. The maximum atomic E-state index is 6.03. The summed E-state index contributed by atoms with van der Waals surface area (Å²) in [5.74, 6) is 0.199. The normalized spacial score (nSPS) is 14.8. The zero-order valence-corrected chi connectivity index (χ0v) is 10.1. The molecule has 0 unspecified atom stereocenters. The lowest BCUT2D eigenvalue weighted by Crippen LogP contribution is -2.01. The van der Waals surface area contributed by atoms with E-state index in [-0.39, 0.29) is 11.0 Å². The fourth-order valence-corrected chi connectivity index (χ4v) is 1.72. The Hall–Kier alpha value is -1.12. The van der Waals surface area contributed by atoms with Gasteiger partial charge in [-0.2, -0.15) is 0 Å². The van der Waals surface area contributed by atoms with Gasteiger partial charge in [-0.3, -0.25) is 0 Å². The Bertz CT molecular complexity index is 532. The van der Waals surface area contributed by atoms with Crippen molar-refractivity contribution in [2.75, 3.05) is 5.73 Å². The maximum Gasteiger partial charge on any atom is 0.180 e. The van der Waals surface area contributed by atoms with Crippen LogP contribution in [0.5, 0.6) is 0 Å². The Morgan fingerprint density at radius 2 is 2.00 bits per heavy atom. The molecule has 0 amide bonds. The average molecular weight is 274 g/mol. The summed E-state index contributed by atoms with van der Waals surface area (Å²) in [7, 11) is 0. The van der Waals surface area contributed by atoms with E-state index in [0.717, 1.165) is 0 Å². The highest BCUT2D eigenvalue weighted by Crippen LogP contribution is 2.33. The molecule has 2 rings (SSSR count). The molecule has 3 nitrogen and oxygen atoms in total. The van der Waals surface area contributed by atoms with Crippen LogP contribution in [0.3, 0.4) is 0 Å². The van der Waals surface area contributed by atoms with Crippen LogP contribution < -0.4 is 5.73 Å². The van der Waals surface area contributed by atoms with Crippen LogP contribution in [0.25, 0.3) is 5.57 Å². The lowest BCUT2D eigenvalue weighted by Gasteiger charge is -2.03. The quantitative estimate of drug-likeness (QED) is 0.800. The van der Waals surface area contributed by atoms with E-state index in [1.165, 1.54) is 6.20 Å². The highest BCUT2D eigenvalue weighted by Gasteiger charge is 2.24. The van der Waals surface area contributed by atoms with Crippen molar-refractivity contribution in [3.05, 3.63) is 45.3 Å². The fraction of sp³-hybridized carbons (Fsp3) is 0.